The molecule has 3 nitrogen and oxygen atoms in total. The molecule has 0 aromatic heterocycles. The van der Waals surface area contributed by atoms with Gasteiger partial charge in [-0.05, 0) is 43.9 Å². The summed E-state index contributed by atoms with van der Waals surface area (Å²) in [6.45, 7) is 6.11. The maximum Gasteiger partial charge on any atom is 0.220 e. The third kappa shape index (κ3) is 4.40. The van der Waals surface area contributed by atoms with Gasteiger partial charge >= 0.3 is 0 Å². The first-order valence-corrected chi connectivity index (χ1v) is 6.49. The predicted molar refractivity (Wildman–Crippen MR) is 73.9 cm³/mol. The van der Waals surface area contributed by atoms with Gasteiger partial charge in [-0.25, -0.2) is 0 Å². The van der Waals surface area contributed by atoms with Crippen molar-refractivity contribution < 1.29 is 9.53 Å². The smallest absolute Gasteiger partial charge is 0.220 e. The molecule has 1 aromatic carbocycles. The fourth-order valence-corrected chi connectivity index (χ4v) is 1.80. The minimum absolute atomic E-state index is 0.123. The van der Waals surface area contributed by atoms with Gasteiger partial charge in [-0.1, -0.05) is 19.1 Å². The molecule has 3 heteroatoms. The van der Waals surface area contributed by atoms with Crippen molar-refractivity contribution in [3.8, 4) is 5.75 Å². The molecule has 0 spiro atoms. The first-order chi connectivity index (χ1) is 8.56. The Bertz CT molecular complexity index is 401. The molecule has 1 unspecified atom stereocenters. The predicted octanol–water partition coefficient (Wildman–Crippen LogP) is 2.85. The second-order valence-corrected chi connectivity index (χ2v) is 4.68. The molecule has 1 amide bonds. The molecule has 100 valence electrons. The van der Waals surface area contributed by atoms with E-state index in [0.29, 0.717) is 6.42 Å². The fraction of sp³-hybridized carbons (Fsp3) is 0.533. The number of amides is 1. The number of benzene rings is 1. The van der Waals surface area contributed by atoms with Crippen LogP contribution in [0.4, 0.5) is 0 Å². The molecule has 0 aliphatic carbocycles. The summed E-state index contributed by atoms with van der Waals surface area (Å²) in [5.74, 6) is 1.01. The van der Waals surface area contributed by atoms with Crippen molar-refractivity contribution >= 4 is 5.91 Å². The van der Waals surface area contributed by atoms with E-state index in [1.165, 1.54) is 5.56 Å². The van der Waals surface area contributed by atoms with Gasteiger partial charge in [0.1, 0.15) is 5.75 Å². The van der Waals surface area contributed by atoms with Crippen molar-refractivity contribution in [2.45, 2.75) is 46.1 Å². The average Bonchev–Trinajstić information content (AvgIpc) is 2.36. The van der Waals surface area contributed by atoms with Gasteiger partial charge < -0.3 is 10.1 Å². The molecule has 1 N–H and O–H groups in total. The molecular formula is C15H23NO2. The van der Waals surface area contributed by atoms with Gasteiger partial charge in [0.15, 0.2) is 0 Å². The van der Waals surface area contributed by atoms with Gasteiger partial charge in [0.2, 0.25) is 5.91 Å². The number of ether oxygens (including phenoxy) is 1. The Balaban J connectivity index is 2.48. The third-order valence-corrected chi connectivity index (χ3v) is 3.12. The monoisotopic (exact) mass is 249 g/mol. The summed E-state index contributed by atoms with van der Waals surface area (Å²) in [7, 11) is 1.67. The average molecular weight is 249 g/mol. The Morgan fingerprint density at radius 3 is 2.72 bits per heavy atom. The van der Waals surface area contributed by atoms with Crippen molar-refractivity contribution in [2.75, 3.05) is 7.11 Å². The number of aryl methyl sites for hydroxylation is 2. The van der Waals surface area contributed by atoms with Gasteiger partial charge in [-0.2, -0.15) is 0 Å². The molecule has 0 heterocycles. The van der Waals surface area contributed by atoms with Crippen molar-refractivity contribution in [1.82, 2.24) is 5.32 Å². The van der Waals surface area contributed by atoms with Crippen molar-refractivity contribution in [2.24, 2.45) is 0 Å². The van der Waals surface area contributed by atoms with Gasteiger partial charge in [0.25, 0.3) is 0 Å². The lowest BCUT2D eigenvalue weighted by atomic mass is 10.1. The molecule has 0 aliphatic heterocycles. The van der Waals surface area contributed by atoms with Crippen LogP contribution in [-0.4, -0.2) is 19.1 Å². The highest BCUT2D eigenvalue weighted by molar-refractivity contribution is 5.76. The molecule has 0 bridgehead atoms. The number of nitrogens with one attached hydrogen (secondary N) is 1. The first-order valence-electron chi connectivity index (χ1n) is 6.49. The normalized spacial score (nSPS) is 12.0. The summed E-state index contributed by atoms with van der Waals surface area (Å²) in [6, 6.07) is 6.31. The standard InChI is InChI=1S/C15H23NO2/c1-5-12(3)16-15(17)9-7-13-6-8-14(18-4)11(2)10-13/h6,8,10,12H,5,7,9H2,1-4H3,(H,16,17). The highest BCUT2D eigenvalue weighted by Crippen LogP contribution is 2.19. The summed E-state index contributed by atoms with van der Waals surface area (Å²) < 4.78 is 5.21. The number of carbonyl (C=O) groups excluding carboxylic acids is 1. The van der Waals surface area contributed by atoms with Crippen molar-refractivity contribution in [1.29, 1.82) is 0 Å². The maximum absolute atomic E-state index is 11.7. The lowest BCUT2D eigenvalue weighted by molar-refractivity contribution is -0.121. The van der Waals surface area contributed by atoms with E-state index in [-0.39, 0.29) is 11.9 Å². The minimum Gasteiger partial charge on any atom is -0.496 e. The Hall–Kier alpha value is -1.51. The van der Waals surface area contributed by atoms with Crippen LogP contribution >= 0.6 is 0 Å². The number of rotatable bonds is 6. The van der Waals surface area contributed by atoms with Gasteiger partial charge in [0.05, 0.1) is 7.11 Å². The molecule has 0 aliphatic rings. The van der Waals surface area contributed by atoms with E-state index < -0.39 is 0 Å². The van der Waals surface area contributed by atoms with Crippen LogP contribution in [0.5, 0.6) is 5.75 Å². The summed E-state index contributed by atoms with van der Waals surface area (Å²) >= 11 is 0. The molecule has 18 heavy (non-hydrogen) atoms. The van der Waals surface area contributed by atoms with Crippen LogP contribution in [0, 0.1) is 6.92 Å². The Morgan fingerprint density at radius 1 is 1.44 bits per heavy atom. The van der Waals surface area contributed by atoms with Crippen LogP contribution in [0.2, 0.25) is 0 Å². The van der Waals surface area contributed by atoms with E-state index in [1.54, 1.807) is 7.11 Å². The van der Waals surface area contributed by atoms with Crippen LogP contribution in [0.15, 0.2) is 18.2 Å². The summed E-state index contributed by atoms with van der Waals surface area (Å²) in [6.07, 6.45) is 2.27. The zero-order chi connectivity index (χ0) is 13.5. The number of carbonyl (C=O) groups is 1. The molecule has 0 radical (unpaired) electrons. The van der Waals surface area contributed by atoms with Crippen molar-refractivity contribution in [3.63, 3.8) is 0 Å². The lowest BCUT2D eigenvalue weighted by Gasteiger charge is -2.11. The molecule has 1 rings (SSSR count). The maximum atomic E-state index is 11.7. The summed E-state index contributed by atoms with van der Waals surface area (Å²) in [5.41, 5.74) is 2.28. The van der Waals surface area contributed by atoms with E-state index in [1.807, 2.05) is 26.0 Å². The SMILES string of the molecule is CCC(C)NC(=O)CCc1ccc(OC)c(C)c1. The van der Waals surface area contributed by atoms with Gasteiger partial charge in [0, 0.05) is 12.5 Å². The summed E-state index contributed by atoms with van der Waals surface area (Å²) in [5, 5.41) is 2.97. The summed E-state index contributed by atoms with van der Waals surface area (Å²) in [4.78, 5) is 11.7. The van der Waals surface area contributed by atoms with E-state index in [9.17, 15) is 4.79 Å². The highest BCUT2D eigenvalue weighted by Gasteiger charge is 2.06. The molecule has 0 fully saturated rings. The van der Waals surface area contributed by atoms with Crippen LogP contribution in [0.3, 0.4) is 0 Å². The van der Waals surface area contributed by atoms with Gasteiger partial charge in [-0.15, -0.1) is 0 Å². The number of hydrogen-bond donors (Lipinski definition) is 1. The molecule has 1 atom stereocenters. The third-order valence-electron chi connectivity index (χ3n) is 3.12. The first kappa shape index (κ1) is 14.6. The number of methoxy groups -OCH3 is 1. The largest absolute Gasteiger partial charge is 0.496 e. The second-order valence-electron chi connectivity index (χ2n) is 4.68. The molecular weight excluding hydrogens is 226 g/mol. The fourth-order valence-electron chi connectivity index (χ4n) is 1.80. The second kappa shape index (κ2) is 7.04. The van der Waals surface area contributed by atoms with Crippen LogP contribution in [0.25, 0.3) is 0 Å². The van der Waals surface area contributed by atoms with E-state index in [4.69, 9.17) is 4.74 Å². The van der Waals surface area contributed by atoms with Crippen LogP contribution in [0.1, 0.15) is 37.8 Å². The quantitative estimate of drug-likeness (QED) is 0.842. The molecule has 0 saturated heterocycles. The minimum atomic E-state index is 0.123. The van der Waals surface area contributed by atoms with Gasteiger partial charge in [-0.3, -0.25) is 4.79 Å². The zero-order valence-corrected chi connectivity index (χ0v) is 11.7. The van der Waals surface area contributed by atoms with E-state index in [0.717, 1.165) is 24.2 Å². The Kier molecular flexibility index (Phi) is 5.69. The highest BCUT2D eigenvalue weighted by atomic mass is 16.5. The Morgan fingerprint density at radius 2 is 2.17 bits per heavy atom. The van der Waals surface area contributed by atoms with E-state index in [2.05, 4.69) is 18.3 Å². The Labute approximate surface area is 110 Å². The zero-order valence-electron chi connectivity index (χ0n) is 11.7. The van der Waals surface area contributed by atoms with Crippen LogP contribution < -0.4 is 10.1 Å². The molecule has 1 aromatic rings. The topological polar surface area (TPSA) is 38.3 Å². The van der Waals surface area contributed by atoms with Crippen molar-refractivity contribution in [3.05, 3.63) is 29.3 Å². The number of hydrogen-bond acceptors (Lipinski definition) is 2. The van der Waals surface area contributed by atoms with E-state index >= 15 is 0 Å². The molecule has 0 saturated carbocycles. The van der Waals surface area contributed by atoms with Crippen LogP contribution in [-0.2, 0) is 11.2 Å². The lowest BCUT2D eigenvalue weighted by Crippen LogP contribution is -2.32.